The van der Waals surface area contributed by atoms with Gasteiger partial charge < -0.3 is 15.3 Å². The first-order valence-electron chi connectivity index (χ1n) is 6.92. The van der Waals surface area contributed by atoms with Crippen molar-refractivity contribution in [1.29, 1.82) is 5.26 Å². The molecule has 1 unspecified atom stereocenters. The van der Waals surface area contributed by atoms with Gasteiger partial charge in [0.05, 0.1) is 18.9 Å². The summed E-state index contributed by atoms with van der Waals surface area (Å²) >= 11 is 0. The Bertz CT molecular complexity index is 361. The van der Waals surface area contributed by atoms with Gasteiger partial charge >= 0.3 is 12.0 Å². The number of carbonyl (C=O) groups is 2. The molecule has 2 amide bonds. The van der Waals surface area contributed by atoms with Gasteiger partial charge in [-0.2, -0.15) is 5.26 Å². The third-order valence-corrected chi connectivity index (χ3v) is 2.87. The zero-order valence-corrected chi connectivity index (χ0v) is 12.7. The summed E-state index contributed by atoms with van der Waals surface area (Å²) in [4.78, 5) is 24.6. The Labute approximate surface area is 120 Å². The molecule has 0 saturated heterocycles. The number of rotatable bonds is 8. The molecule has 0 rings (SSSR count). The molecule has 6 heteroatoms. The maximum Gasteiger partial charge on any atom is 0.317 e. The van der Waals surface area contributed by atoms with Gasteiger partial charge in [0.25, 0.3) is 0 Å². The number of hydrogen-bond acceptors (Lipinski definition) is 3. The van der Waals surface area contributed by atoms with E-state index in [1.54, 1.807) is 4.90 Å². The van der Waals surface area contributed by atoms with Crippen molar-refractivity contribution in [2.75, 3.05) is 13.1 Å². The van der Waals surface area contributed by atoms with E-state index in [1.165, 1.54) is 0 Å². The Hall–Kier alpha value is -1.77. The van der Waals surface area contributed by atoms with Gasteiger partial charge in [0.1, 0.15) is 0 Å². The number of carboxylic acid groups (broad SMARTS) is 1. The predicted octanol–water partition coefficient (Wildman–Crippen LogP) is 2.07. The highest BCUT2D eigenvalue weighted by atomic mass is 16.4. The lowest BCUT2D eigenvalue weighted by molar-refractivity contribution is -0.137. The molecule has 0 aromatic rings. The largest absolute Gasteiger partial charge is 0.481 e. The van der Waals surface area contributed by atoms with Gasteiger partial charge in [-0.05, 0) is 11.8 Å². The molecule has 114 valence electrons. The van der Waals surface area contributed by atoms with Crippen LogP contribution in [0.1, 0.15) is 40.5 Å². The number of urea groups is 1. The molecule has 0 aliphatic rings. The number of nitrogens with zero attached hydrogens (tertiary/aromatic N) is 2. The molecule has 1 atom stereocenters. The average molecular weight is 283 g/mol. The fourth-order valence-corrected chi connectivity index (χ4v) is 1.79. The summed E-state index contributed by atoms with van der Waals surface area (Å²) in [6.45, 7) is 8.63. The number of carbonyl (C=O) groups excluding carboxylic acids is 1. The van der Waals surface area contributed by atoms with E-state index in [0.29, 0.717) is 13.1 Å². The van der Waals surface area contributed by atoms with Crippen LogP contribution in [-0.2, 0) is 4.79 Å². The zero-order valence-electron chi connectivity index (χ0n) is 12.7. The van der Waals surface area contributed by atoms with E-state index in [4.69, 9.17) is 10.4 Å². The van der Waals surface area contributed by atoms with E-state index < -0.39 is 12.0 Å². The van der Waals surface area contributed by atoms with E-state index in [1.807, 2.05) is 33.8 Å². The molecule has 0 fully saturated rings. The molecule has 6 nitrogen and oxygen atoms in total. The Kier molecular flexibility index (Phi) is 8.37. The van der Waals surface area contributed by atoms with Crippen LogP contribution in [0.4, 0.5) is 4.79 Å². The number of nitriles is 1. The molecule has 0 radical (unpaired) electrons. The summed E-state index contributed by atoms with van der Waals surface area (Å²) in [6.07, 6.45) is 0.169. The second-order valence-electron chi connectivity index (χ2n) is 5.65. The number of carboxylic acids is 1. The van der Waals surface area contributed by atoms with Crippen molar-refractivity contribution in [2.24, 2.45) is 11.8 Å². The van der Waals surface area contributed by atoms with Crippen LogP contribution in [0.15, 0.2) is 0 Å². The molecule has 0 aliphatic carbocycles. The van der Waals surface area contributed by atoms with Gasteiger partial charge in [0, 0.05) is 19.1 Å². The van der Waals surface area contributed by atoms with Crippen molar-refractivity contribution in [3.8, 4) is 6.07 Å². The molecular weight excluding hydrogens is 258 g/mol. The summed E-state index contributed by atoms with van der Waals surface area (Å²) in [5, 5.41) is 20.3. The summed E-state index contributed by atoms with van der Waals surface area (Å²) in [6, 6.07) is 1.32. The maximum absolute atomic E-state index is 12.2. The van der Waals surface area contributed by atoms with Crippen molar-refractivity contribution in [1.82, 2.24) is 10.2 Å². The van der Waals surface area contributed by atoms with E-state index in [9.17, 15) is 9.59 Å². The predicted molar refractivity (Wildman–Crippen MR) is 76.1 cm³/mol. The smallest absolute Gasteiger partial charge is 0.317 e. The SMILES string of the molecule is CC(C)CN(CCC#N)C(=O)NC(CC(=O)O)C(C)C. The molecule has 0 saturated carbocycles. The van der Waals surface area contributed by atoms with Crippen LogP contribution in [-0.4, -0.2) is 41.1 Å². The van der Waals surface area contributed by atoms with E-state index >= 15 is 0 Å². The molecule has 0 spiro atoms. The highest BCUT2D eigenvalue weighted by Crippen LogP contribution is 2.08. The van der Waals surface area contributed by atoms with Gasteiger partial charge in [0.2, 0.25) is 0 Å². The fourth-order valence-electron chi connectivity index (χ4n) is 1.79. The number of hydrogen-bond donors (Lipinski definition) is 2. The number of nitrogens with one attached hydrogen (secondary N) is 1. The van der Waals surface area contributed by atoms with Crippen LogP contribution in [0.25, 0.3) is 0 Å². The van der Waals surface area contributed by atoms with Crippen LogP contribution in [0, 0.1) is 23.2 Å². The van der Waals surface area contributed by atoms with E-state index in [0.717, 1.165) is 0 Å². The Morgan fingerprint density at radius 3 is 2.30 bits per heavy atom. The summed E-state index contributed by atoms with van der Waals surface area (Å²) < 4.78 is 0. The zero-order chi connectivity index (χ0) is 15.7. The van der Waals surface area contributed by atoms with Gasteiger partial charge in [0.15, 0.2) is 0 Å². The first-order valence-corrected chi connectivity index (χ1v) is 6.92. The fraction of sp³-hybridized carbons (Fsp3) is 0.786. The molecule has 20 heavy (non-hydrogen) atoms. The molecule has 0 bridgehead atoms. The van der Waals surface area contributed by atoms with Crippen molar-refractivity contribution >= 4 is 12.0 Å². The van der Waals surface area contributed by atoms with Gasteiger partial charge in [-0.3, -0.25) is 4.79 Å². The highest BCUT2D eigenvalue weighted by Gasteiger charge is 2.22. The van der Waals surface area contributed by atoms with Gasteiger partial charge in [-0.1, -0.05) is 27.7 Å². The average Bonchev–Trinajstić information content (AvgIpc) is 2.32. The molecular formula is C14H25N3O3. The Morgan fingerprint density at radius 1 is 1.30 bits per heavy atom. The third-order valence-electron chi connectivity index (χ3n) is 2.87. The van der Waals surface area contributed by atoms with E-state index in [-0.39, 0.29) is 30.7 Å². The lowest BCUT2D eigenvalue weighted by Gasteiger charge is -2.28. The minimum Gasteiger partial charge on any atom is -0.481 e. The summed E-state index contributed by atoms with van der Waals surface area (Å²) in [7, 11) is 0. The van der Waals surface area contributed by atoms with Crippen LogP contribution in [0.2, 0.25) is 0 Å². The van der Waals surface area contributed by atoms with Gasteiger partial charge in [-0.15, -0.1) is 0 Å². The molecule has 0 aromatic heterocycles. The van der Waals surface area contributed by atoms with Gasteiger partial charge in [-0.25, -0.2) is 4.79 Å². The first-order chi connectivity index (χ1) is 9.27. The highest BCUT2D eigenvalue weighted by molar-refractivity contribution is 5.76. The second-order valence-corrected chi connectivity index (χ2v) is 5.65. The van der Waals surface area contributed by atoms with E-state index in [2.05, 4.69) is 5.32 Å². The lowest BCUT2D eigenvalue weighted by Crippen LogP contribution is -2.48. The summed E-state index contributed by atoms with van der Waals surface area (Å²) in [5.74, 6) is -0.611. The quantitative estimate of drug-likeness (QED) is 0.713. The normalized spacial score (nSPS) is 12.1. The molecule has 2 N–H and O–H groups in total. The topological polar surface area (TPSA) is 93.4 Å². The van der Waals surface area contributed by atoms with Crippen LogP contribution < -0.4 is 5.32 Å². The molecule has 0 heterocycles. The monoisotopic (exact) mass is 283 g/mol. The standard InChI is InChI=1S/C14H25N3O3/c1-10(2)9-17(7-5-6-15)14(20)16-12(11(3)4)8-13(18)19/h10-12H,5,7-9H2,1-4H3,(H,16,20)(H,18,19). The first kappa shape index (κ1) is 18.2. The van der Waals surface area contributed by atoms with Crippen LogP contribution >= 0.6 is 0 Å². The minimum atomic E-state index is -0.934. The van der Waals surface area contributed by atoms with Crippen molar-refractivity contribution in [2.45, 2.75) is 46.6 Å². The number of aliphatic carboxylic acids is 1. The van der Waals surface area contributed by atoms with Crippen molar-refractivity contribution in [3.63, 3.8) is 0 Å². The van der Waals surface area contributed by atoms with Crippen molar-refractivity contribution in [3.05, 3.63) is 0 Å². The third kappa shape index (κ3) is 7.62. The van der Waals surface area contributed by atoms with Crippen LogP contribution in [0.5, 0.6) is 0 Å². The maximum atomic E-state index is 12.2. The Balaban J connectivity index is 4.69. The summed E-state index contributed by atoms with van der Waals surface area (Å²) in [5.41, 5.74) is 0. The van der Waals surface area contributed by atoms with Crippen LogP contribution in [0.3, 0.4) is 0 Å². The molecule has 0 aromatic carbocycles. The van der Waals surface area contributed by atoms with Crippen molar-refractivity contribution < 1.29 is 14.7 Å². The second kappa shape index (κ2) is 9.18. The molecule has 0 aliphatic heterocycles. The minimum absolute atomic E-state index is 0.0342. The Morgan fingerprint density at radius 2 is 1.90 bits per heavy atom. The lowest BCUT2D eigenvalue weighted by atomic mass is 10.0. The number of amides is 2.